The Kier molecular flexibility index (Phi) is 5.40. The minimum Gasteiger partial charge on any atom is -0.497 e. The molecule has 0 bridgehead atoms. The van der Waals surface area contributed by atoms with E-state index in [1.807, 2.05) is 36.0 Å². The van der Waals surface area contributed by atoms with Gasteiger partial charge in [-0.05, 0) is 35.7 Å². The number of nitrogens with zero attached hydrogens (tertiary/aromatic N) is 1. The molecule has 0 aliphatic heterocycles. The third kappa shape index (κ3) is 4.03. The van der Waals surface area contributed by atoms with Crippen LogP contribution in [-0.2, 0) is 4.79 Å². The zero-order valence-electron chi connectivity index (χ0n) is 14.1. The lowest BCUT2D eigenvalue weighted by Gasteiger charge is -2.18. The van der Waals surface area contributed by atoms with Crippen LogP contribution in [0.15, 0.2) is 60.2 Å². The van der Waals surface area contributed by atoms with Gasteiger partial charge < -0.3 is 19.4 Å². The molecule has 3 aromatic rings. The van der Waals surface area contributed by atoms with Gasteiger partial charge in [0.1, 0.15) is 11.5 Å². The minimum atomic E-state index is -0.0735. The predicted octanol–water partition coefficient (Wildman–Crippen LogP) is 4.19. The number of aromatic nitrogens is 1. The number of thiophene rings is 1. The molecule has 0 aliphatic rings. The molecule has 1 aromatic carbocycles. The molecular weight excluding hydrogens is 336 g/mol. The van der Waals surface area contributed by atoms with Crippen molar-refractivity contribution in [3.8, 4) is 11.5 Å². The largest absolute Gasteiger partial charge is 0.497 e. The Balaban J connectivity index is 1.77. The Morgan fingerprint density at radius 1 is 1.16 bits per heavy atom. The van der Waals surface area contributed by atoms with Crippen molar-refractivity contribution in [2.45, 2.75) is 12.5 Å². The molecule has 5 nitrogen and oxygen atoms in total. The van der Waals surface area contributed by atoms with Gasteiger partial charge in [-0.15, -0.1) is 11.3 Å². The van der Waals surface area contributed by atoms with E-state index in [9.17, 15) is 4.79 Å². The molecule has 6 heteroatoms. The molecule has 0 aliphatic carbocycles. The zero-order valence-corrected chi connectivity index (χ0v) is 15.0. The maximum Gasteiger partial charge on any atom is 0.226 e. The summed E-state index contributed by atoms with van der Waals surface area (Å²) in [6.07, 6.45) is 4.29. The van der Waals surface area contributed by atoms with Gasteiger partial charge in [0.15, 0.2) is 0 Å². The molecular formula is C19H20N2O3S. The highest BCUT2D eigenvalue weighted by atomic mass is 32.1. The second kappa shape index (κ2) is 7.90. The summed E-state index contributed by atoms with van der Waals surface area (Å²) < 4.78 is 12.6. The first-order valence-corrected chi connectivity index (χ1v) is 8.77. The summed E-state index contributed by atoms with van der Waals surface area (Å²) in [6.45, 7) is 0. The summed E-state index contributed by atoms with van der Waals surface area (Å²) >= 11 is 1.65. The summed E-state index contributed by atoms with van der Waals surface area (Å²) in [4.78, 5) is 13.8. The van der Waals surface area contributed by atoms with Crippen molar-refractivity contribution in [3.05, 3.63) is 65.1 Å². The number of methoxy groups -OCH3 is 2. The van der Waals surface area contributed by atoms with Crippen LogP contribution in [0.25, 0.3) is 0 Å². The van der Waals surface area contributed by atoms with Crippen molar-refractivity contribution in [2.75, 3.05) is 19.5 Å². The van der Waals surface area contributed by atoms with E-state index in [0.717, 1.165) is 4.88 Å². The van der Waals surface area contributed by atoms with Gasteiger partial charge in [0.25, 0.3) is 0 Å². The Morgan fingerprint density at radius 3 is 2.60 bits per heavy atom. The highest BCUT2D eigenvalue weighted by molar-refractivity contribution is 7.10. The molecule has 0 saturated carbocycles. The van der Waals surface area contributed by atoms with Gasteiger partial charge in [-0.3, -0.25) is 4.79 Å². The number of ether oxygens (including phenoxy) is 2. The zero-order chi connectivity index (χ0) is 17.6. The third-order valence-electron chi connectivity index (χ3n) is 3.92. The molecule has 3 rings (SSSR count). The van der Waals surface area contributed by atoms with Crippen LogP contribution in [-0.4, -0.2) is 24.7 Å². The van der Waals surface area contributed by atoms with E-state index in [0.29, 0.717) is 23.6 Å². The molecule has 0 saturated heterocycles. The number of rotatable bonds is 7. The average Bonchev–Trinajstić information content (AvgIpc) is 3.34. The average molecular weight is 356 g/mol. The Hall–Kier alpha value is -2.73. The van der Waals surface area contributed by atoms with Crippen molar-refractivity contribution < 1.29 is 14.3 Å². The van der Waals surface area contributed by atoms with Crippen LogP contribution in [0.3, 0.4) is 0 Å². The van der Waals surface area contributed by atoms with E-state index in [1.54, 1.807) is 43.8 Å². The Bertz CT molecular complexity index is 779. The van der Waals surface area contributed by atoms with Gasteiger partial charge in [-0.25, -0.2) is 0 Å². The first-order chi connectivity index (χ1) is 12.2. The van der Waals surface area contributed by atoms with Crippen molar-refractivity contribution in [1.29, 1.82) is 0 Å². The second-order valence-corrected chi connectivity index (χ2v) is 6.46. The number of anilines is 1. The standard InChI is InChI=1S/C19H20N2O3S/c1-23-14-7-8-15(17(12-14)24-2)20-19(22)13-16(18-6-5-11-25-18)21-9-3-4-10-21/h3-12,16H,13H2,1-2H3,(H,20,22)/t16-/m1/s1. The molecule has 1 atom stereocenters. The van der Waals surface area contributed by atoms with E-state index >= 15 is 0 Å². The maximum absolute atomic E-state index is 12.6. The number of hydrogen-bond donors (Lipinski definition) is 1. The lowest BCUT2D eigenvalue weighted by atomic mass is 10.1. The van der Waals surface area contributed by atoms with E-state index < -0.39 is 0 Å². The van der Waals surface area contributed by atoms with Crippen LogP contribution in [0.4, 0.5) is 5.69 Å². The monoisotopic (exact) mass is 356 g/mol. The normalized spacial score (nSPS) is 11.8. The summed E-state index contributed by atoms with van der Waals surface area (Å²) in [5, 5.41) is 4.96. The summed E-state index contributed by atoms with van der Waals surface area (Å²) in [5.41, 5.74) is 0.630. The van der Waals surface area contributed by atoms with Crippen molar-refractivity contribution in [3.63, 3.8) is 0 Å². The van der Waals surface area contributed by atoms with Crippen LogP contribution in [0.5, 0.6) is 11.5 Å². The third-order valence-corrected chi connectivity index (χ3v) is 4.89. The fourth-order valence-corrected chi connectivity index (χ4v) is 3.50. The highest BCUT2D eigenvalue weighted by Gasteiger charge is 2.19. The number of carbonyl (C=O) groups excluding carboxylic acids is 1. The number of benzene rings is 1. The molecule has 1 amide bonds. The first kappa shape index (κ1) is 17.1. The number of carbonyl (C=O) groups is 1. The summed E-state index contributed by atoms with van der Waals surface area (Å²) in [5.74, 6) is 1.18. The van der Waals surface area contributed by atoms with Gasteiger partial charge in [0.2, 0.25) is 5.91 Å². The Morgan fingerprint density at radius 2 is 1.96 bits per heavy atom. The number of hydrogen-bond acceptors (Lipinski definition) is 4. The second-order valence-electron chi connectivity index (χ2n) is 5.48. The predicted molar refractivity (Wildman–Crippen MR) is 99.7 cm³/mol. The quantitative estimate of drug-likeness (QED) is 0.691. The van der Waals surface area contributed by atoms with Gasteiger partial charge in [-0.2, -0.15) is 0 Å². The topological polar surface area (TPSA) is 52.5 Å². The minimum absolute atomic E-state index is 0.0285. The van der Waals surface area contributed by atoms with Crippen LogP contribution in [0, 0.1) is 0 Å². The van der Waals surface area contributed by atoms with E-state index in [2.05, 4.69) is 16.0 Å². The number of nitrogens with one attached hydrogen (secondary N) is 1. The fraction of sp³-hybridized carbons (Fsp3) is 0.211. The van der Waals surface area contributed by atoms with Gasteiger partial charge in [-0.1, -0.05) is 6.07 Å². The summed E-state index contributed by atoms with van der Waals surface area (Å²) in [7, 11) is 3.16. The molecule has 0 spiro atoms. The van der Waals surface area contributed by atoms with Gasteiger partial charge >= 0.3 is 0 Å². The number of amides is 1. The molecule has 25 heavy (non-hydrogen) atoms. The lowest BCUT2D eigenvalue weighted by Crippen LogP contribution is -2.19. The smallest absolute Gasteiger partial charge is 0.226 e. The van der Waals surface area contributed by atoms with Crippen molar-refractivity contribution >= 4 is 22.9 Å². The SMILES string of the molecule is COc1ccc(NC(=O)C[C@H](c2cccs2)n2cccc2)c(OC)c1. The molecule has 0 radical (unpaired) electrons. The van der Waals surface area contributed by atoms with E-state index in [4.69, 9.17) is 9.47 Å². The molecule has 2 aromatic heterocycles. The van der Waals surface area contributed by atoms with Crippen LogP contribution < -0.4 is 14.8 Å². The molecule has 130 valence electrons. The van der Waals surface area contributed by atoms with Gasteiger partial charge in [0, 0.05) is 23.3 Å². The van der Waals surface area contributed by atoms with Crippen molar-refractivity contribution in [2.24, 2.45) is 0 Å². The first-order valence-electron chi connectivity index (χ1n) is 7.89. The highest BCUT2D eigenvalue weighted by Crippen LogP contribution is 2.31. The molecule has 0 fully saturated rings. The lowest BCUT2D eigenvalue weighted by molar-refractivity contribution is -0.116. The van der Waals surface area contributed by atoms with Gasteiger partial charge in [0.05, 0.1) is 32.4 Å². The van der Waals surface area contributed by atoms with Crippen LogP contribution in [0.1, 0.15) is 17.3 Å². The van der Waals surface area contributed by atoms with E-state index in [-0.39, 0.29) is 11.9 Å². The molecule has 2 heterocycles. The van der Waals surface area contributed by atoms with Crippen LogP contribution >= 0.6 is 11.3 Å². The molecule has 0 unspecified atom stereocenters. The van der Waals surface area contributed by atoms with Crippen LogP contribution in [0.2, 0.25) is 0 Å². The fourth-order valence-electron chi connectivity index (χ4n) is 2.67. The van der Waals surface area contributed by atoms with E-state index in [1.165, 1.54) is 0 Å². The van der Waals surface area contributed by atoms with Crippen molar-refractivity contribution in [1.82, 2.24) is 4.57 Å². The summed E-state index contributed by atoms with van der Waals surface area (Å²) in [6, 6.07) is 13.3. The molecule has 1 N–H and O–H groups in total. The Labute approximate surface area is 150 Å². The maximum atomic E-state index is 12.6.